The van der Waals surface area contributed by atoms with Crippen LogP contribution in [0.5, 0.6) is 0 Å². The van der Waals surface area contributed by atoms with Crippen LogP contribution in [0.15, 0.2) is 47.4 Å². The van der Waals surface area contributed by atoms with Crippen molar-refractivity contribution in [2.75, 3.05) is 12.3 Å². The Hall–Kier alpha value is -2.60. The molecule has 144 valence electrons. The Morgan fingerprint density at radius 2 is 1.93 bits per heavy atom. The summed E-state index contributed by atoms with van der Waals surface area (Å²) >= 11 is 1.80. The maximum Gasteiger partial charge on any atom is 0.261 e. The molecule has 6 heteroatoms. The number of hydrogen-bond donors (Lipinski definition) is 1. The summed E-state index contributed by atoms with van der Waals surface area (Å²) in [7, 11) is 0. The van der Waals surface area contributed by atoms with Crippen LogP contribution >= 0.6 is 11.8 Å². The largest absolute Gasteiger partial charge is 0.345 e. The van der Waals surface area contributed by atoms with E-state index in [9.17, 15) is 14.4 Å². The van der Waals surface area contributed by atoms with Crippen LogP contribution in [-0.4, -0.2) is 34.9 Å². The molecule has 0 radical (unpaired) electrons. The monoisotopic (exact) mass is 394 g/mol. The smallest absolute Gasteiger partial charge is 0.261 e. The highest BCUT2D eigenvalue weighted by atomic mass is 32.2. The van der Waals surface area contributed by atoms with Gasteiger partial charge in [0.25, 0.3) is 17.7 Å². The molecule has 4 rings (SSSR count). The van der Waals surface area contributed by atoms with Crippen LogP contribution in [-0.2, 0) is 0 Å². The number of benzene rings is 2. The summed E-state index contributed by atoms with van der Waals surface area (Å²) in [6, 6.07) is 12.8. The summed E-state index contributed by atoms with van der Waals surface area (Å²) in [6.45, 7) is 2.43. The van der Waals surface area contributed by atoms with Crippen LogP contribution in [0.4, 0.5) is 0 Å². The summed E-state index contributed by atoms with van der Waals surface area (Å²) in [5.41, 5.74) is 2.25. The van der Waals surface area contributed by atoms with Gasteiger partial charge in [0.1, 0.15) is 0 Å². The van der Waals surface area contributed by atoms with Crippen LogP contribution in [0.25, 0.3) is 0 Å². The first kappa shape index (κ1) is 18.7. The fourth-order valence-electron chi connectivity index (χ4n) is 3.68. The van der Waals surface area contributed by atoms with E-state index in [0.717, 1.165) is 30.6 Å². The van der Waals surface area contributed by atoms with Crippen LogP contribution in [0.2, 0.25) is 0 Å². The topological polar surface area (TPSA) is 66.5 Å². The first-order valence-corrected chi connectivity index (χ1v) is 10.6. The summed E-state index contributed by atoms with van der Waals surface area (Å²) in [4.78, 5) is 40.4. The van der Waals surface area contributed by atoms with E-state index >= 15 is 0 Å². The van der Waals surface area contributed by atoms with E-state index < -0.39 is 0 Å². The van der Waals surface area contributed by atoms with Crippen molar-refractivity contribution in [1.29, 1.82) is 0 Å². The van der Waals surface area contributed by atoms with Gasteiger partial charge < -0.3 is 5.32 Å². The van der Waals surface area contributed by atoms with Crippen molar-refractivity contribution < 1.29 is 14.4 Å². The Bertz CT molecular complexity index is 957. The van der Waals surface area contributed by atoms with Crippen molar-refractivity contribution in [1.82, 2.24) is 10.2 Å². The quantitative estimate of drug-likeness (QED) is 0.777. The molecule has 2 heterocycles. The number of nitrogens with zero attached hydrogens (tertiary/aromatic N) is 1. The van der Waals surface area contributed by atoms with Gasteiger partial charge in [0, 0.05) is 22.8 Å². The van der Waals surface area contributed by atoms with Crippen molar-refractivity contribution in [2.45, 2.75) is 37.1 Å². The molecule has 2 aliphatic rings. The third-order valence-electron chi connectivity index (χ3n) is 5.23. The first-order valence-electron chi connectivity index (χ1n) is 9.63. The predicted octanol–water partition coefficient (Wildman–Crippen LogP) is 4.05. The average molecular weight is 394 g/mol. The van der Waals surface area contributed by atoms with E-state index in [1.807, 2.05) is 25.1 Å². The van der Waals surface area contributed by atoms with Crippen molar-refractivity contribution in [2.24, 2.45) is 0 Å². The van der Waals surface area contributed by atoms with E-state index in [2.05, 4.69) is 11.4 Å². The summed E-state index contributed by atoms with van der Waals surface area (Å²) in [5.74, 6) is 0.161. The van der Waals surface area contributed by atoms with E-state index in [1.165, 1.54) is 9.80 Å². The number of amides is 3. The van der Waals surface area contributed by atoms with Crippen molar-refractivity contribution in [3.8, 4) is 0 Å². The molecule has 0 bridgehead atoms. The summed E-state index contributed by atoms with van der Waals surface area (Å²) < 4.78 is 0. The number of hydrogen-bond acceptors (Lipinski definition) is 4. The lowest BCUT2D eigenvalue weighted by atomic mass is 10.0. The minimum Gasteiger partial charge on any atom is -0.345 e. The van der Waals surface area contributed by atoms with Crippen molar-refractivity contribution in [3.63, 3.8) is 0 Å². The van der Waals surface area contributed by atoms with Crippen LogP contribution < -0.4 is 5.32 Å². The van der Waals surface area contributed by atoms with Crippen LogP contribution in [0.3, 0.4) is 0 Å². The molecule has 2 aromatic carbocycles. The van der Waals surface area contributed by atoms with E-state index in [4.69, 9.17) is 0 Å². The zero-order chi connectivity index (χ0) is 19.7. The predicted molar refractivity (Wildman–Crippen MR) is 109 cm³/mol. The second kappa shape index (κ2) is 7.80. The Kier molecular flexibility index (Phi) is 5.22. The highest BCUT2D eigenvalue weighted by Crippen LogP contribution is 2.36. The SMILES string of the molecule is CCCCN1C(=O)c2ccc(C(=O)N[C@@H]3CCSc4ccccc43)cc2C1=O. The number of unbranched alkanes of at least 4 members (excludes halogenated alkanes) is 1. The van der Waals surface area contributed by atoms with Gasteiger partial charge in [0.2, 0.25) is 0 Å². The minimum absolute atomic E-state index is 0.0448. The second-order valence-corrected chi connectivity index (χ2v) is 8.21. The number of thioether (sulfide) groups is 1. The normalized spacial score (nSPS) is 18.0. The van der Waals surface area contributed by atoms with E-state index in [1.54, 1.807) is 30.0 Å². The lowest BCUT2D eigenvalue weighted by molar-refractivity contribution is 0.0652. The molecule has 0 aliphatic carbocycles. The van der Waals surface area contributed by atoms with E-state index in [-0.39, 0.29) is 23.8 Å². The van der Waals surface area contributed by atoms with Crippen LogP contribution in [0.1, 0.15) is 68.9 Å². The highest BCUT2D eigenvalue weighted by molar-refractivity contribution is 7.99. The summed E-state index contributed by atoms with van der Waals surface area (Å²) in [6.07, 6.45) is 2.54. The Labute approximate surface area is 168 Å². The van der Waals surface area contributed by atoms with Gasteiger partial charge in [-0.05, 0) is 42.7 Å². The van der Waals surface area contributed by atoms with Gasteiger partial charge in [-0.2, -0.15) is 0 Å². The second-order valence-electron chi connectivity index (χ2n) is 7.08. The first-order chi connectivity index (χ1) is 13.6. The van der Waals surface area contributed by atoms with Gasteiger partial charge in [-0.1, -0.05) is 31.5 Å². The molecule has 1 N–H and O–H groups in total. The number of carbonyl (C=O) groups is 3. The molecule has 0 fully saturated rings. The molecule has 0 aromatic heterocycles. The maximum absolute atomic E-state index is 12.8. The van der Waals surface area contributed by atoms with Gasteiger partial charge in [0.05, 0.1) is 17.2 Å². The lowest BCUT2D eigenvalue weighted by Gasteiger charge is -2.26. The molecule has 28 heavy (non-hydrogen) atoms. The molecule has 5 nitrogen and oxygen atoms in total. The molecule has 0 saturated heterocycles. The summed E-state index contributed by atoms with van der Waals surface area (Å²) in [5, 5.41) is 3.09. The van der Waals surface area contributed by atoms with Crippen LogP contribution in [0, 0.1) is 0 Å². The minimum atomic E-state index is -0.303. The molecule has 2 aliphatic heterocycles. The molecule has 0 unspecified atom stereocenters. The molecule has 0 saturated carbocycles. The molecule has 0 spiro atoms. The van der Waals surface area contributed by atoms with Gasteiger partial charge in [-0.25, -0.2) is 0 Å². The number of fused-ring (bicyclic) bond motifs is 2. The molecule has 3 amide bonds. The molecule has 1 atom stereocenters. The fourth-order valence-corrected chi connectivity index (χ4v) is 4.81. The number of rotatable bonds is 5. The van der Waals surface area contributed by atoms with Crippen molar-refractivity contribution >= 4 is 29.5 Å². The third-order valence-corrected chi connectivity index (χ3v) is 6.35. The van der Waals surface area contributed by atoms with Gasteiger partial charge in [0.15, 0.2) is 0 Å². The number of carbonyl (C=O) groups excluding carboxylic acids is 3. The Morgan fingerprint density at radius 3 is 2.75 bits per heavy atom. The highest BCUT2D eigenvalue weighted by Gasteiger charge is 2.35. The third kappa shape index (κ3) is 3.33. The number of nitrogens with one attached hydrogen (secondary N) is 1. The van der Waals surface area contributed by atoms with Gasteiger partial charge in [-0.3, -0.25) is 19.3 Å². The Balaban J connectivity index is 1.54. The molecular weight excluding hydrogens is 372 g/mol. The maximum atomic E-state index is 12.8. The van der Waals surface area contributed by atoms with E-state index in [0.29, 0.717) is 23.2 Å². The average Bonchev–Trinajstić information content (AvgIpc) is 2.96. The number of imide groups is 1. The zero-order valence-corrected chi connectivity index (χ0v) is 16.6. The fraction of sp³-hybridized carbons (Fsp3) is 0.318. The zero-order valence-electron chi connectivity index (χ0n) is 15.7. The molecule has 2 aromatic rings. The standard InChI is InChI=1S/C22H22N2O3S/c1-2-3-11-24-21(26)15-9-8-14(13-17(15)22(24)27)20(25)23-18-10-12-28-19-7-5-4-6-16(18)19/h4-9,13,18H,2-3,10-12H2,1H3,(H,23,25)/t18-/m1/s1. The lowest BCUT2D eigenvalue weighted by Crippen LogP contribution is -2.31. The van der Waals surface area contributed by atoms with Gasteiger partial charge >= 0.3 is 0 Å². The Morgan fingerprint density at radius 1 is 1.14 bits per heavy atom. The molecular formula is C22H22N2O3S. The van der Waals surface area contributed by atoms with Crippen molar-refractivity contribution in [3.05, 3.63) is 64.7 Å². The van der Waals surface area contributed by atoms with Gasteiger partial charge in [-0.15, -0.1) is 11.8 Å².